The van der Waals surface area contributed by atoms with Crippen molar-refractivity contribution in [1.82, 2.24) is 5.32 Å². The third-order valence-electron chi connectivity index (χ3n) is 2.93. The van der Waals surface area contributed by atoms with Crippen molar-refractivity contribution in [2.45, 2.75) is 31.2 Å². The molecule has 92 valence electrons. The van der Waals surface area contributed by atoms with Gasteiger partial charge in [0.2, 0.25) is 5.91 Å². The zero-order valence-corrected chi connectivity index (χ0v) is 11.2. The van der Waals surface area contributed by atoms with E-state index in [0.29, 0.717) is 5.75 Å². The molecular formula is C11H15N3OS2. The van der Waals surface area contributed by atoms with E-state index in [4.69, 9.17) is 5.26 Å². The molecule has 1 N–H and O–H groups in total. The standard InChI is InChI=1S/C11H15N3OS2/c12-8-11(3-1-2-4-11)14-9(15)7-17-10-13-5-6-16-10/h1-7H2,(H,14,15). The fraction of sp³-hybridized carbons (Fsp3) is 0.727. The van der Waals surface area contributed by atoms with Crippen LogP contribution in [-0.4, -0.2) is 33.9 Å². The van der Waals surface area contributed by atoms with Gasteiger partial charge in [0.05, 0.1) is 18.4 Å². The van der Waals surface area contributed by atoms with E-state index in [0.717, 1.165) is 42.4 Å². The van der Waals surface area contributed by atoms with Crippen LogP contribution in [0, 0.1) is 11.3 Å². The largest absolute Gasteiger partial charge is 0.337 e. The van der Waals surface area contributed by atoms with E-state index in [-0.39, 0.29) is 5.91 Å². The Kier molecular flexibility index (Phi) is 4.35. The Morgan fingerprint density at radius 1 is 1.59 bits per heavy atom. The Hall–Kier alpha value is -0.670. The number of nitrogens with zero attached hydrogens (tertiary/aromatic N) is 2. The minimum atomic E-state index is -0.595. The maximum atomic E-state index is 11.8. The third kappa shape index (κ3) is 3.39. The number of hydrogen-bond acceptors (Lipinski definition) is 5. The van der Waals surface area contributed by atoms with Gasteiger partial charge in [0, 0.05) is 5.75 Å². The molecule has 0 aromatic rings. The van der Waals surface area contributed by atoms with Gasteiger partial charge in [-0.15, -0.1) is 0 Å². The zero-order valence-electron chi connectivity index (χ0n) is 9.57. The second kappa shape index (κ2) is 5.78. The minimum absolute atomic E-state index is 0.0475. The number of nitriles is 1. The highest BCUT2D eigenvalue weighted by Gasteiger charge is 2.35. The van der Waals surface area contributed by atoms with E-state index in [9.17, 15) is 4.79 Å². The highest BCUT2D eigenvalue weighted by molar-refractivity contribution is 8.39. The van der Waals surface area contributed by atoms with E-state index in [1.165, 1.54) is 11.8 Å². The number of carbonyl (C=O) groups is 1. The van der Waals surface area contributed by atoms with Crippen LogP contribution in [-0.2, 0) is 4.79 Å². The minimum Gasteiger partial charge on any atom is -0.337 e. The van der Waals surface area contributed by atoms with Crippen molar-refractivity contribution < 1.29 is 4.79 Å². The number of nitrogens with one attached hydrogen (secondary N) is 1. The van der Waals surface area contributed by atoms with E-state index in [2.05, 4.69) is 16.4 Å². The van der Waals surface area contributed by atoms with Gasteiger partial charge in [-0.3, -0.25) is 9.79 Å². The van der Waals surface area contributed by atoms with E-state index in [1.807, 2.05) is 0 Å². The summed E-state index contributed by atoms with van der Waals surface area (Å²) in [6.45, 7) is 0.858. The molecule has 1 fully saturated rings. The van der Waals surface area contributed by atoms with Gasteiger partial charge in [-0.25, -0.2) is 0 Å². The molecule has 0 aromatic carbocycles. The number of aliphatic imine (C=N–C) groups is 1. The van der Waals surface area contributed by atoms with Crippen LogP contribution >= 0.6 is 23.5 Å². The van der Waals surface area contributed by atoms with Crippen LogP contribution in [0.3, 0.4) is 0 Å². The molecule has 0 bridgehead atoms. The van der Waals surface area contributed by atoms with Gasteiger partial charge in [-0.05, 0) is 25.7 Å². The molecule has 1 aliphatic heterocycles. The third-order valence-corrected chi connectivity index (χ3v) is 5.19. The lowest BCUT2D eigenvalue weighted by molar-refractivity contribution is -0.119. The number of hydrogen-bond donors (Lipinski definition) is 1. The molecule has 0 radical (unpaired) electrons. The predicted octanol–water partition coefficient (Wildman–Crippen LogP) is 1.77. The quantitative estimate of drug-likeness (QED) is 0.848. The smallest absolute Gasteiger partial charge is 0.231 e. The summed E-state index contributed by atoms with van der Waals surface area (Å²) in [5.41, 5.74) is -0.595. The number of rotatable bonds is 3. The predicted molar refractivity (Wildman–Crippen MR) is 72.2 cm³/mol. The van der Waals surface area contributed by atoms with E-state index in [1.54, 1.807) is 11.8 Å². The molecule has 2 rings (SSSR count). The molecule has 1 aliphatic carbocycles. The molecule has 4 nitrogen and oxygen atoms in total. The molecular weight excluding hydrogens is 254 g/mol. The lowest BCUT2D eigenvalue weighted by atomic mass is 10.0. The van der Waals surface area contributed by atoms with Crippen LogP contribution in [0.1, 0.15) is 25.7 Å². The van der Waals surface area contributed by atoms with Crippen molar-refractivity contribution >= 4 is 33.8 Å². The molecule has 0 spiro atoms. The second-order valence-corrected chi connectivity index (χ2v) is 6.54. The van der Waals surface area contributed by atoms with E-state index >= 15 is 0 Å². The van der Waals surface area contributed by atoms with Gasteiger partial charge >= 0.3 is 0 Å². The van der Waals surface area contributed by atoms with Crippen molar-refractivity contribution in [2.24, 2.45) is 4.99 Å². The van der Waals surface area contributed by atoms with Crippen molar-refractivity contribution in [3.63, 3.8) is 0 Å². The summed E-state index contributed by atoms with van der Waals surface area (Å²) in [5.74, 6) is 1.34. The summed E-state index contributed by atoms with van der Waals surface area (Å²) in [6, 6.07) is 2.26. The fourth-order valence-electron chi connectivity index (χ4n) is 2.08. The Morgan fingerprint density at radius 2 is 2.35 bits per heavy atom. The van der Waals surface area contributed by atoms with Crippen LogP contribution < -0.4 is 5.32 Å². The monoisotopic (exact) mass is 269 g/mol. The Labute approximate surface area is 110 Å². The van der Waals surface area contributed by atoms with Crippen molar-refractivity contribution in [3.8, 4) is 6.07 Å². The van der Waals surface area contributed by atoms with Crippen molar-refractivity contribution in [2.75, 3.05) is 18.1 Å². The molecule has 17 heavy (non-hydrogen) atoms. The lowest BCUT2D eigenvalue weighted by Gasteiger charge is -2.21. The van der Waals surface area contributed by atoms with E-state index < -0.39 is 5.54 Å². The van der Waals surface area contributed by atoms with Crippen molar-refractivity contribution in [3.05, 3.63) is 0 Å². The zero-order chi connectivity index (χ0) is 12.1. The summed E-state index contributed by atoms with van der Waals surface area (Å²) in [5, 5.41) is 12.0. The topological polar surface area (TPSA) is 65.2 Å². The maximum absolute atomic E-state index is 11.8. The number of thioether (sulfide) groups is 2. The Balaban J connectivity index is 1.78. The first-order valence-electron chi connectivity index (χ1n) is 5.76. The van der Waals surface area contributed by atoms with Crippen LogP contribution in [0.25, 0.3) is 0 Å². The second-order valence-electron chi connectivity index (χ2n) is 4.23. The normalized spacial score (nSPS) is 21.9. The molecule has 2 aliphatic rings. The van der Waals surface area contributed by atoms with Crippen molar-refractivity contribution in [1.29, 1.82) is 5.26 Å². The SMILES string of the molecule is N#CC1(NC(=O)CSC2=NCCS2)CCCC1. The average molecular weight is 269 g/mol. The van der Waals surface area contributed by atoms with Crippen LogP contribution in [0.15, 0.2) is 4.99 Å². The Bertz CT molecular complexity index is 369. The van der Waals surface area contributed by atoms with Gasteiger partial charge in [-0.2, -0.15) is 5.26 Å². The first-order valence-corrected chi connectivity index (χ1v) is 7.74. The Morgan fingerprint density at radius 3 is 2.94 bits per heavy atom. The molecule has 0 saturated heterocycles. The summed E-state index contributed by atoms with van der Waals surface area (Å²) in [7, 11) is 0. The summed E-state index contributed by atoms with van der Waals surface area (Å²) < 4.78 is 0.998. The van der Waals surface area contributed by atoms with Gasteiger partial charge in [-0.1, -0.05) is 23.5 Å². The number of amides is 1. The van der Waals surface area contributed by atoms with Gasteiger partial charge in [0.1, 0.15) is 9.91 Å². The number of carbonyl (C=O) groups excluding carboxylic acids is 1. The molecule has 0 atom stereocenters. The highest BCUT2D eigenvalue weighted by Crippen LogP contribution is 2.29. The average Bonchev–Trinajstić information content (AvgIpc) is 2.98. The highest BCUT2D eigenvalue weighted by atomic mass is 32.2. The van der Waals surface area contributed by atoms with Crippen LogP contribution in [0.5, 0.6) is 0 Å². The molecule has 0 aromatic heterocycles. The molecule has 1 amide bonds. The van der Waals surface area contributed by atoms with Crippen LogP contribution in [0.2, 0.25) is 0 Å². The molecule has 1 saturated carbocycles. The van der Waals surface area contributed by atoms with Crippen LogP contribution in [0.4, 0.5) is 0 Å². The molecule has 0 unspecified atom stereocenters. The molecule has 1 heterocycles. The fourth-order valence-corrected chi connectivity index (χ4v) is 3.89. The summed E-state index contributed by atoms with van der Waals surface area (Å²) in [6.07, 6.45) is 3.64. The van der Waals surface area contributed by atoms with Gasteiger partial charge in [0.25, 0.3) is 0 Å². The van der Waals surface area contributed by atoms with Gasteiger partial charge < -0.3 is 5.32 Å². The molecule has 6 heteroatoms. The maximum Gasteiger partial charge on any atom is 0.231 e. The first-order chi connectivity index (χ1) is 8.24. The summed E-state index contributed by atoms with van der Waals surface area (Å²) in [4.78, 5) is 16.0. The van der Waals surface area contributed by atoms with Gasteiger partial charge in [0.15, 0.2) is 0 Å². The summed E-state index contributed by atoms with van der Waals surface area (Å²) >= 11 is 3.18. The lowest BCUT2D eigenvalue weighted by Crippen LogP contribution is -2.45. The first kappa shape index (κ1) is 12.8.